The second kappa shape index (κ2) is 5.25. The van der Waals surface area contributed by atoms with Gasteiger partial charge >= 0.3 is 6.18 Å². The van der Waals surface area contributed by atoms with Crippen LogP contribution in [0.1, 0.15) is 24.7 Å². The number of imidazole rings is 1. The molecular formula is C14H13F3N4O2. The van der Waals surface area contributed by atoms with Crippen molar-refractivity contribution >= 4 is 17.3 Å². The number of fused-ring (bicyclic) bond motifs is 1. The van der Waals surface area contributed by atoms with Gasteiger partial charge in [-0.05, 0) is 12.1 Å². The van der Waals surface area contributed by atoms with Gasteiger partial charge in [0, 0.05) is 18.5 Å². The molecule has 1 unspecified atom stereocenters. The number of hydrogen-bond donors (Lipinski definition) is 1. The Labute approximate surface area is 129 Å². The van der Waals surface area contributed by atoms with Gasteiger partial charge in [0.05, 0.1) is 18.5 Å². The Balaban J connectivity index is 2.22. The number of amides is 1. The van der Waals surface area contributed by atoms with Crippen molar-refractivity contribution in [3.05, 3.63) is 29.7 Å². The van der Waals surface area contributed by atoms with Crippen LogP contribution in [-0.2, 0) is 11.0 Å². The molecule has 3 heterocycles. The number of aromatic nitrogens is 2. The summed E-state index contributed by atoms with van der Waals surface area (Å²) in [4.78, 5) is 15.0. The molecule has 1 atom stereocenters. The highest BCUT2D eigenvalue weighted by Gasteiger charge is 2.35. The first-order valence-electron chi connectivity index (χ1n) is 6.81. The minimum absolute atomic E-state index is 0.0455. The van der Waals surface area contributed by atoms with Gasteiger partial charge in [-0.25, -0.2) is 10.4 Å². The Hall–Kier alpha value is -2.58. The molecule has 23 heavy (non-hydrogen) atoms. The maximum Gasteiger partial charge on any atom is 0.434 e. The highest BCUT2D eigenvalue weighted by Crippen LogP contribution is 2.32. The normalized spacial score (nSPS) is 18.7. The van der Waals surface area contributed by atoms with Gasteiger partial charge in [0.15, 0.2) is 17.1 Å². The first-order valence-corrected chi connectivity index (χ1v) is 6.81. The summed E-state index contributed by atoms with van der Waals surface area (Å²) < 4.78 is 45.2. The Morgan fingerprint density at radius 3 is 2.74 bits per heavy atom. The molecular weight excluding hydrogens is 313 g/mol. The molecule has 0 aromatic carbocycles. The molecule has 1 aliphatic rings. The van der Waals surface area contributed by atoms with Gasteiger partial charge in [-0.1, -0.05) is 6.92 Å². The van der Waals surface area contributed by atoms with Crippen LogP contribution in [0.2, 0.25) is 0 Å². The molecule has 1 amide bonds. The first kappa shape index (κ1) is 15.3. The van der Waals surface area contributed by atoms with E-state index in [1.807, 2.05) is 0 Å². The highest BCUT2D eigenvalue weighted by atomic mass is 19.4. The van der Waals surface area contributed by atoms with Crippen LogP contribution in [0.5, 0.6) is 5.75 Å². The number of ether oxygens (including phenoxy) is 1. The molecule has 2 aromatic rings. The maximum atomic E-state index is 13.0. The molecule has 0 saturated heterocycles. The van der Waals surface area contributed by atoms with Crippen LogP contribution in [-0.4, -0.2) is 28.1 Å². The Morgan fingerprint density at radius 2 is 2.13 bits per heavy atom. The molecule has 1 N–H and O–H groups in total. The number of carbonyl (C=O) groups excluding carboxylic acids is 1. The molecule has 0 saturated carbocycles. The summed E-state index contributed by atoms with van der Waals surface area (Å²) in [6.07, 6.45) is -3.45. The summed E-state index contributed by atoms with van der Waals surface area (Å²) in [5, 5.41) is 3.99. The molecule has 0 radical (unpaired) electrons. The van der Waals surface area contributed by atoms with E-state index in [1.54, 1.807) is 13.0 Å². The zero-order valence-electron chi connectivity index (χ0n) is 12.3. The van der Waals surface area contributed by atoms with E-state index in [9.17, 15) is 18.0 Å². The lowest BCUT2D eigenvalue weighted by atomic mass is 9.97. The lowest BCUT2D eigenvalue weighted by Gasteiger charge is -2.20. The van der Waals surface area contributed by atoms with Gasteiger partial charge in [0.2, 0.25) is 5.91 Å². The van der Waals surface area contributed by atoms with E-state index in [-0.39, 0.29) is 29.6 Å². The number of methoxy groups -OCH3 is 1. The number of nitrogens with one attached hydrogen (secondary N) is 1. The van der Waals surface area contributed by atoms with Crippen LogP contribution in [0.3, 0.4) is 0 Å². The van der Waals surface area contributed by atoms with Crippen LogP contribution in [0.25, 0.3) is 5.65 Å². The molecule has 0 bridgehead atoms. The fourth-order valence-electron chi connectivity index (χ4n) is 2.51. The summed E-state index contributed by atoms with van der Waals surface area (Å²) in [6, 6.07) is 3.13. The van der Waals surface area contributed by atoms with E-state index in [0.717, 1.165) is 6.20 Å². The first-order chi connectivity index (χ1) is 10.8. The number of pyridine rings is 1. The van der Waals surface area contributed by atoms with E-state index in [0.29, 0.717) is 11.4 Å². The standard InChI is InChI=1S/C14H13F3N4O2/c1-7-5-11(22)19-20-12(7)8-3-4-9(23-2)13-18-10(6-21(8)13)14(15,16)17/h3-4,6-7H,5H2,1-2H3,(H,19,22). The van der Waals surface area contributed by atoms with Gasteiger partial charge in [-0.3, -0.25) is 9.20 Å². The molecule has 0 fully saturated rings. The van der Waals surface area contributed by atoms with Crippen molar-refractivity contribution in [3.8, 4) is 5.75 Å². The predicted octanol–water partition coefficient (Wildman–Crippen LogP) is 2.22. The van der Waals surface area contributed by atoms with Crippen LogP contribution in [0.4, 0.5) is 13.2 Å². The molecule has 0 spiro atoms. The molecule has 2 aromatic heterocycles. The van der Waals surface area contributed by atoms with E-state index >= 15 is 0 Å². The molecule has 1 aliphatic heterocycles. The average Bonchev–Trinajstić information content (AvgIpc) is 2.92. The van der Waals surface area contributed by atoms with Crippen molar-refractivity contribution in [2.24, 2.45) is 11.0 Å². The summed E-state index contributed by atoms with van der Waals surface area (Å²) >= 11 is 0. The van der Waals surface area contributed by atoms with E-state index < -0.39 is 11.9 Å². The molecule has 3 rings (SSSR count). The summed E-state index contributed by atoms with van der Waals surface area (Å²) in [7, 11) is 1.36. The Bertz CT molecular complexity index is 810. The quantitative estimate of drug-likeness (QED) is 0.920. The SMILES string of the molecule is COc1ccc(C2=NNC(=O)CC2C)n2cc(C(F)(F)F)nc12. The fraction of sp³-hybridized carbons (Fsp3) is 0.357. The average molecular weight is 326 g/mol. The number of alkyl halides is 3. The second-order valence-electron chi connectivity index (χ2n) is 5.24. The summed E-state index contributed by atoms with van der Waals surface area (Å²) in [5.74, 6) is -0.234. The van der Waals surface area contributed by atoms with Crippen molar-refractivity contribution in [2.75, 3.05) is 7.11 Å². The number of nitrogens with zero attached hydrogens (tertiary/aromatic N) is 3. The van der Waals surface area contributed by atoms with Gasteiger partial charge in [0.25, 0.3) is 0 Å². The zero-order chi connectivity index (χ0) is 16.8. The van der Waals surface area contributed by atoms with Crippen molar-refractivity contribution in [1.29, 1.82) is 0 Å². The van der Waals surface area contributed by atoms with Crippen molar-refractivity contribution in [2.45, 2.75) is 19.5 Å². The van der Waals surface area contributed by atoms with E-state index in [2.05, 4.69) is 15.5 Å². The Kier molecular flexibility index (Phi) is 3.50. The summed E-state index contributed by atoms with van der Waals surface area (Å²) in [5.41, 5.74) is 2.30. The number of rotatable bonds is 2. The highest BCUT2D eigenvalue weighted by molar-refractivity contribution is 6.05. The third-order valence-corrected chi connectivity index (χ3v) is 3.61. The Morgan fingerprint density at radius 1 is 1.39 bits per heavy atom. The lowest BCUT2D eigenvalue weighted by molar-refractivity contribution is -0.140. The number of hydrogen-bond acceptors (Lipinski definition) is 4. The third-order valence-electron chi connectivity index (χ3n) is 3.61. The molecule has 0 aliphatic carbocycles. The van der Waals surface area contributed by atoms with E-state index in [1.165, 1.54) is 17.6 Å². The predicted molar refractivity (Wildman–Crippen MR) is 75.2 cm³/mol. The fourth-order valence-corrected chi connectivity index (χ4v) is 2.51. The topological polar surface area (TPSA) is 68.0 Å². The van der Waals surface area contributed by atoms with Crippen molar-refractivity contribution in [3.63, 3.8) is 0 Å². The number of carbonyl (C=O) groups is 1. The van der Waals surface area contributed by atoms with Crippen LogP contribution < -0.4 is 10.2 Å². The van der Waals surface area contributed by atoms with Gasteiger partial charge in [0.1, 0.15) is 0 Å². The number of halogens is 3. The van der Waals surface area contributed by atoms with Crippen molar-refractivity contribution in [1.82, 2.24) is 14.8 Å². The second-order valence-corrected chi connectivity index (χ2v) is 5.24. The summed E-state index contributed by atoms with van der Waals surface area (Å²) in [6.45, 7) is 1.79. The maximum absolute atomic E-state index is 13.0. The van der Waals surface area contributed by atoms with Crippen molar-refractivity contribution < 1.29 is 22.7 Å². The molecule has 122 valence electrons. The monoisotopic (exact) mass is 326 g/mol. The zero-order valence-corrected chi connectivity index (χ0v) is 12.3. The van der Waals surface area contributed by atoms with Gasteiger partial charge in [-0.2, -0.15) is 18.3 Å². The van der Waals surface area contributed by atoms with Crippen LogP contribution >= 0.6 is 0 Å². The van der Waals surface area contributed by atoms with Crippen LogP contribution in [0.15, 0.2) is 23.4 Å². The smallest absolute Gasteiger partial charge is 0.434 e. The molecule has 9 heteroatoms. The minimum atomic E-state index is -4.57. The van der Waals surface area contributed by atoms with Gasteiger partial charge in [-0.15, -0.1) is 0 Å². The van der Waals surface area contributed by atoms with Crippen LogP contribution in [0, 0.1) is 5.92 Å². The third kappa shape index (κ3) is 2.62. The number of hydrazone groups is 1. The largest absolute Gasteiger partial charge is 0.493 e. The minimum Gasteiger partial charge on any atom is -0.493 e. The van der Waals surface area contributed by atoms with Gasteiger partial charge < -0.3 is 4.74 Å². The molecule has 6 nitrogen and oxygen atoms in total. The lowest BCUT2D eigenvalue weighted by Crippen LogP contribution is -2.32. The van der Waals surface area contributed by atoms with E-state index in [4.69, 9.17) is 4.74 Å².